The summed E-state index contributed by atoms with van der Waals surface area (Å²) in [6.07, 6.45) is 2.00. The minimum absolute atomic E-state index is 0.0856. The Morgan fingerprint density at radius 3 is 2.87 bits per heavy atom. The van der Waals surface area contributed by atoms with Gasteiger partial charge in [0.05, 0.1) is 0 Å². The number of hydrogen-bond donors (Lipinski definition) is 0. The summed E-state index contributed by atoms with van der Waals surface area (Å²) >= 11 is 1.63. The van der Waals surface area contributed by atoms with Crippen LogP contribution in [0.5, 0.6) is 5.75 Å². The van der Waals surface area contributed by atoms with Crippen molar-refractivity contribution in [3.63, 3.8) is 0 Å². The van der Waals surface area contributed by atoms with Gasteiger partial charge in [-0.2, -0.15) is 5.26 Å². The Balaban J connectivity index is 2.89. The molecule has 0 aliphatic rings. The predicted octanol–water partition coefficient (Wildman–Crippen LogP) is 3.23. The number of thioether (sulfide) groups is 1. The molecule has 1 aromatic carbocycles. The highest BCUT2D eigenvalue weighted by molar-refractivity contribution is 8.07. The van der Waals surface area contributed by atoms with Crippen molar-refractivity contribution in [1.82, 2.24) is 0 Å². The van der Waals surface area contributed by atoms with E-state index < -0.39 is 0 Å². The van der Waals surface area contributed by atoms with E-state index in [-0.39, 0.29) is 6.61 Å². The highest BCUT2D eigenvalue weighted by Gasteiger charge is 2.03. The Bertz CT molecular complexity index is 407. The van der Waals surface area contributed by atoms with E-state index in [1.165, 1.54) is 0 Å². The van der Waals surface area contributed by atoms with Crippen LogP contribution in [0.2, 0.25) is 0 Å². The monoisotopic (exact) mass is 219 g/mol. The first-order valence-corrected chi connectivity index (χ1v) is 5.75. The molecule has 0 atom stereocenters. The largest absolute Gasteiger partial charge is 0.479 e. The molecular weight excluding hydrogens is 206 g/mol. The summed E-state index contributed by atoms with van der Waals surface area (Å²) in [5, 5.41) is 8.39. The third kappa shape index (κ3) is 3.03. The van der Waals surface area contributed by atoms with Gasteiger partial charge in [-0.3, -0.25) is 0 Å². The molecule has 15 heavy (non-hydrogen) atoms. The summed E-state index contributed by atoms with van der Waals surface area (Å²) in [5.74, 6) is 0.728. The molecule has 0 aliphatic heterocycles. The quantitative estimate of drug-likeness (QED) is 0.779. The molecule has 0 aromatic heterocycles. The molecule has 2 nitrogen and oxygen atoms in total. The van der Waals surface area contributed by atoms with Crippen LogP contribution in [-0.2, 0) is 0 Å². The van der Waals surface area contributed by atoms with Crippen LogP contribution in [-0.4, -0.2) is 12.9 Å². The zero-order chi connectivity index (χ0) is 11.3. The van der Waals surface area contributed by atoms with Gasteiger partial charge in [0.25, 0.3) is 0 Å². The number of nitrogens with zero attached hydrogens (tertiary/aromatic N) is 1. The Morgan fingerprint density at radius 2 is 2.33 bits per heavy atom. The highest BCUT2D eigenvalue weighted by Crippen LogP contribution is 2.28. The van der Waals surface area contributed by atoms with Gasteiger partial charge in [-0.1, -0.05) is 6.58 Å². The van der Waals surface area contributed by atoms with Crippen LogP contribution in [0, 0.1) is 18.3 Å². The summed E-state index contributed by atoms with van der Waals surface area (Å²) in [5.41, 5.74) is 2.25. The SMILES string of the molecule is C=C(SC)c1ccc(OCC#N)cc1C. The topological polar surface area (TPSA) is 33.0 Å². The molecule has 78 valence electrons. The minimum Gasteiger partial charge on any atom is -0.479 e. The van der Waals surface area contributed by atoms with Gasteiger partial charge in [0.15, 0.2) is 6.61 Å². The van der Waals surface area contributed by atoms with E-state index in [0.717, 1.165) is 21.8 Å². The van der Waals surface area contributed by atoms with Crippen molar-refractivity contribution in [2.75, 3.05) is 12.9 Å². The Morgan fingerprint density at radius 1 is 1.60 bits per heavy atom. The zero-order valence-electron chi connectivity index (χ0n) is 8.91. The lowest BCUT2D eigenvalue weighted by Crippen LogP contribution is -1.94. The molecule has 0 radical (unpaired) electrons. The van der Waals surface area contributed by atoms with E-state index >= 15 is 0 Å². The Labute approximate surface area is 94.6 Å². The van der Waals surface area contributed by atoms with Gasteiger partial charge in [-0.15, -0.1) is 11.8 Å². The van der Waals surface area contributed by atoms with Gasteiger partial charge < -0.3 is 4.74 Å². The highest BCUT2D eigenvalue weighted by atomic mass is 32.2. The second-order valence-corrected chi connectivity index (χ2v) is 3.95. The van der Waals surface area contributed by atoms with Crippen molar-refractivity contribution >= 4 is 16.7 Å². The average Bonchev–Trinajstić information content (AvgIpc) is 2.25. The first-order chi connectivity index (χ1) is 7.19. The molecule has 0 aliphatic carbocycles. The van der Waals surface area contributed by atoms with Gasteiger partial charge in [-0.25, -0.2) is 0 Å². The molecule has 1 aromatic rings. The first-order valence-electron chi connectivity index (χ1n) is 4.52. The smallest absolute Gasteiger partial charge is 0.174 e. The van der Waals surface area contributed by atoms with Crippen LogP contribution in [0.3, 0.4) is 0 Å². The van der Waals surface area contributed by atoms with Crippen molar-refractivity contribution in [1.29, 1.82) is 5.26 Å². The molecule has 3 heteroatoms. The second-order valence-electron chi connectivity index (χ2n) is 3.05. The van der Waals surface area contributed by atoms with E-state index in [1.807, 2.05) is 37.4 Å². The molecule has 0 spiro atoms. The van der Waals surface area contributed by atoms with Crippen LogP contribution in [0.25, 0.3) is 4.91 Å². The molecule has 0 saturated carbocycles. The molecule has 0 amide bonds. The number of rotatable bonds is 4. The number of ether oxygens (including phenoxy) is 1. The summed E-state index contributed by atoms with van der Waals surface area (Å²) < 4.78 is 5.21. The fourth-order valence-electron chi connectivity index (χ4n) is 1.26. The van der Waals surface area contributed by atoms with E-state index in [2.05, 4.69) is 6.58 Å². The fourth-order valence-corrected chi connectivity index (χ4v) is 1.71. The second kappa shape index (κ2) is 5.47. The minimum atomic E-state index is 0.0856. The first kappa shape index (κ1) is 11.7. The lowest BCUT2D eigenvalue weighted by molar-refractivity contribution is 0.368. The van der Waals surface area contributed by atoms with Crippen LogP contribution >= 0.6 is 11.8 Å². The summed E-state index contributed by atoms with van der Waals surface area (Å²) in [4.78, 5) is 1.04. The number of benzene rings is 1. The molecule has 0 fully saturated rings. The van der Waals surface area contributed by atoms with Crippen LogP contribution in [0.1, 0.15) is 11.1 Å². The van der Waals surface area contributed by atoms with Gasteiger partial charge in [0.1, 0.15) is 11.8 Å². The molecule has 0 unspecified atom stereocenters. The third-order valence-corrected chi connectivity index (χ3v) is 2.76. The molecule has 0 bridgehead atoms. The van der Waals surface area contributed by atoms with Gasteiger partial charge in [-0.05, 0) is 42.5 Å². The number of nitriles is 1. The van der Waals surface area contributed by atoms with Crippen molar-refractivity contribution in [2.45, 2.75) is 6.92 Å². The van der Waals surface area contributed by atoms with Gasteiger partial charge in [0.2, 0.25) is 0 Å². The lowest BCUT2D eigenvalue weighted by atomic mass is 10.1. The number of hydrogen-bond acceptors (Lipinski definition) is 3. The van der Waals surface area contributed by atoms with Crippen LogP contribution in [0.15, 0.2) is 24.8 Å². The van der Waals surface area contributed by atoms with E-state index in [4.69, 9.17) is 10.00 Å². The van der Waals surface area contributed by atoms with E-state index in [1.54, 1.807) is 11.8 Å². The summed E-state index contributed by atoms with van der Waals surface area (Å²) in [7, 11) is 0. The van der Waals surface area contributed by atoms with Crippen molar-refractivity contribution in [2.24, 2.45) is 0 Å². The maximum Gasteiger partial charge on any atom is 0.174 e. The third-order valence-electron chi connectivity index (χ3n) is 2.05. The normalized spacial score (nSPS) is 9.40. The maximum atomic E-state index is 8.39. The predicted molar refractivity (Wildman–Crippen MR) is 64.8 cm³/mol. The summed E-state index contributed by atoms with van der Waals surface area (Å²) in [6.45, 7) is 6.06. The standard InChI is InChI=1S/C12H13NOS/c1-9-8-11(14-7-6-13)4-5-12(9)10(2)15-3/h4-5,8H,2,7H2,1,3H3. The fraction of sp³-hybridized carbons (Fsp3) is 0.250. The van der Waals surface area contributed by atoms with Gasteiger partial charge >= 0.3 is 0 Å². The van der Waals surface area contributed by atoms with Crippen molar-refractivity contribution in [3.05, 3.63) is 35.9 Å². The molecule has 1 rings (SSSR count). The Kier molecular flexibility index (Phi) is 4.26. The van der Waals surface area contributed by atoms with Gasteiger partial charge in [0, 0.05) is 4.91 Å². The van der Waals surface area contributed by atoms with Crippen LogP contribution in [0.4, 0.5) is 0 Å². The lowest BCUT2D eigenvalue weighted by Gasteiger charge is -2.09. The molecule has 0 N–H and O–H groups in total. The molecular formula is C12H13NOS. The Hall–Kier alpha value is -1.40. The number of aryl methyl sites for hydroxylation is 1. The van der Waals surface area contributed by atoms with Crippen molar-refractivity contribution < 1.29 is 4.74 Å². The van der Waals surface area contributed by atoms with E-state index in [9.17, 15) is 0 Å². The average molecular weight is 219 g/mol. The van der Waals surface area contributed by atoms with E-state index in [0.29, 0.717) is 0 Å². The zero-order valence-corrected chi connectivity index (χ0v) is 9.73. The molecule has 0 saturated heterocycles. The van der Waals surface area contributed by atoms with Crippen molar-refractivity contribution in [3.8, 4) is 11.8 Å². The maximum absolute atomic E-state index is 8.39. The van der Waals surface area contributed by atoms with Crippen LogP contribution < -0.4 is 4.74 Å². The summed E-state index contributed by atoms with van der Waals surface area (Å²) in [6, 6.07) is 7.70. The molecule has 0 heterocycles.